The fourth-order valence-electron chi connectivity index (χ4n) is 2.76. The Hall–Kier alpha value is -3.74. The van der Waals surface area contributed by atoms with Gasteiger partial charge in [0.2, 0.25) is 0 Å². The number of rotatable bonds is 7. The third kappa shape index (κ3) is 5.38. The second-order valence-electron chi connectivity index (χ2n) is 6.50. The van der Waals surface area contributed by atoms with E-state index in [0.717, 1.165) is 22.8 Å². The molecule has 1 aromatic heterocycles. The highest BCUT2D eigenvalue weighted by atomic mass is 16.5. The van der Waals surface area contributed by atoms with Gasteiger partial charge in [0.1, 0.15) is 5.75 Å². The van der Waals surface area contributed by atoms with E-state index in [0.29, 0.717) is 12.3 Å². The summed E-state index contributed by atoms with van der Waals surface area (Å²) in [5.41, 5.74) is 6.13. The highest BCUT2D eigenvalue weighted by Gasteiger charge is 2.04. The van der Waals surface area contributed by atoms with Gasteiger partial charge in [-0.05, 0) is 67.6 Å². The number of anilines is 2. The Balaban J connectivity index is 1.59. The van der Waals surface area contributed by atoms with Gasteiger partial charge in [0, 0.05) is 37.4 Å². The Morgan fingerprint density at radius 3 is 2.48 bits per heavy atom. The maximum atomic E-state index is 12.0. The molecule has 2 amide bonds. The molecule has 0 aliphatic carbocycles. The van der Waals surface area contributed by atoms with Crippen molar-refractivity contribution < 1.29 is 9.53 Å². The third-order valence-corrected chi connectivity index (χ3v) is 4.21. The molecule has 2 N–H and O–H groups in total. The van der Waals surface area contributed by atoms with Gasteiger partial charge in [-0.1, -0.05) is 0 Å². The quantitative estimate of drug-likeness (QED) is 0.471. The van der Waals surface area contributed by atoms with Gasteiger partial charge < -0.3 is 19.5 Å². The summed E-state index contributed by atoms with van der Waals surface area (Å²) in [5.74, 6) is 0.760. The van der Waals surface area contributed by atoms with Crippen LogP contribution in [0.25, 0.3) is 5.69 Å². The van der Waals surface area contributed by atoms with Crippen LogP contribution in [-0.4, -0.2) is 37.5 Å². The first-order valence-corrected chi connectivity index (χ1v) is 9.35. The topological polar surface area (TPSA) is 70.9 Å². The van der Waals surface area contributed by atoms with E-state index in [-0.39, 0.29) is 0 Å². The molecule has 0 fully saturated rings. The number of carbonyl (C=O) groups excluding carboxylic acids is 1. The van der Waals surface area contributed by atoms with Crippen LogP contribution in [0.3, 0.4) is 0 Å². The van der Waals surface area contributed by atoms with Crippen molar-refractivity contribution in [1.82, 2.24) is 9.99 Å². The summed E-state index contributed by atoms with van der Waals surface area (Å²) in [6.07, 6.45) is 3.56. The SMILES string of the molecule is CCOc1ccc(NC(=O)N/N=C/c2cccn2-c2ccc(N(C)C)cc2)cc1. The van der Waals surface area contributed by atoms with E-state index >= 15 is 0 Å². The van der Waals surface area contributed by atoms with Crippen LogP contribution in [0.15, 0.2) is 72.0 Å². The van der Waals surface area contributed by atoms with E-state index in [2.05, 4.69) is 32.9 Å². The molecule has 2 aromatic carbocycles. The fourth-order valence-corrected chi connectivity index (χ4v) is 2.76. The molecule has 7 nitrogen and oxygen atoms in total. The van der Waals surface area contributed by atoms with E-state index in [1.807, 2.05) is 56.0 Å². The number of amides is 2. The van der Waals surface area contributed by atoms with E-state index in [1.54, 1.807) is 30.5 Å². The minimum Gasteiger partial charge on any atom is -0.494 e. The summed E-state index contributed by atoms with van der Waals surface area (Å²) in [4.78, 5) is 14.1. The molecule has 0 bridgehead atoms. The van der Waals surface area contributed by atoms with Crippen molar-refractivity contribution in [2.75, 3.05) is 30.9 Å². The van der Waals surface area contributed by atoms with Gasteiger partial charge in [-0.2, -0.15) is 5.10 Å². The summed E-state index contributed by atoms with van der Waals surface area (Å²) < 4.78 is 7.38. The number of hydrogen-bond donors (Lipinski definition) is 2. The number of nitrogens with one attached hydrogen (secondary N) is 2. The molecule has 0 radical (unpaired) electrons. The van der Waals surface area contributed by atoms with Crippen LogP contribution in [0.1, 0.15) is 12.6 Å². The minimum atomic E-state index is -0.418. The van der Waals surface area contributed by atoms with E-state index < -0.39 is 6.03 Å². The first-order valence-electron chi connectivity index (χ1n) is 9.35. The number of nitrogens with zero attached hydrogens (tertiary/aromatic N) is 3. The molecular weight excluding hydrogens is 366 g/mol. The van der Waals surface area contributed by atoms with E-state index in [9.17, 15) is 4.79 Å². The number of urea groups is 1. The van der Waals surface area contributed by atoms with Gasteiger partial charge in [0.25, 0.3) is 0 Å². The zero-order chi connectivity index (χ0) is 20.6. The molecule has 0 aliphatic rings. The van der Waals surface area contributed by atoms with Gasteiger partial charge in [-0.3, -0.25) is 0 Å². The Kier molecular flexibility index (Phi) is 6.52. The molecule has 0 atom stereocenters. The summed E-state index contributed by atoms with van der Waals surface area (Å²) in [6.45, 7) is 2.52. The second-order valence-corrected chi connectivity index (χ2v) is 6.50. The summed E-state index contributed by atoms with van der Waals surface area (Å²) in [6, 6.07) is 18.8. The van der Waals surface area contributed by atoms with Gasteiger partial charge in [0.05, 0.1) is 18.5 Å². The Morgan fingerprint density at radius 2 is 1.83 bits per heavy atom. The predicted octanol–water partition coefficient (Wildman–Crippen LogP) is 4.10. The average molecular weight is 391 g/mol. The molecule has 3 aromatic rings. The normalized spacial score (nSPS) is 10.7. The molecule has 0 spiro atoms. The smallest absolute Gasteiger partial charge is 0.339 e. The first-order chi connectivity index (χ1) is 14.1. The standard InChI is InChI=1S/C22H25N5O2/c1-4-29-21-13-7-17(8-14-21)24-22(28)25-23-16-20-6-5-15-27(20)19-11-9-18(10-12-19)26(2)3/h5-16H,4H2,1-3H3,(H2,24,25,28)/b23-16+. The highest BCUT2D eigenvalue weighted by molar-refractivity contribution is 5.90. The molecular formula is C22H25N5O2. The van der Waals surface area contributed by atoms with Crippen LogP contribution in [0.2, 0.25) is 0 Å². The van der Waals surface area contributed by atoms with Crippen molar-refractivity contribution in [3.05, 3.63) is 72.6 Å². The maximum Gasteiger partial charge on any atom is 0.339 e. The van der Waals surface area contributed by atoms with Crippen LogP contribution in [-0.2, 0) is 0 Å². The second kappa shape index (κ2) is 9.45. The molecule has 0 saturated carbocycles. The molecule has 3 rings (SSSR count). The molecule has 0 saturated heterocycles. The average Bonchev–Trinajstić information content (AvgIpc) is 3.18. The van der Waals surface area contributed by atoms with Crippen LogP contribution in [0.5, 0.6) is 5.75 Å². The number of hydrazone groups is 1. The zero-order valence-corrected chi connectivity index (χ0v) is 16.8. The van der Waals surface area contributed by atoms with Crippen LogP contribution < -0.4 is 20.4 Å². The predicted molar refractivity (Wildman–Crippen MR) is 117 cm³/mol. The first kappa shape index (κ1) is 20.0. The van der Waals surface area contributed by atoms with Crippen molar-refractivity contribution in [3.8, 4) is 11.4 Å². The maximum absolute atomic E-state index is 12.0. The van der Waals surface area contributed by atoms with Crippen molar-refractivity contribution in [2.24, 2.45) is 5.10 Å². The number of ether oxygens (including phenoxy) is 1. The number of carbonyl (C=O) groups is 1. The molecule has 0 unspecified atom stereocenters. The fraction of sp³-hybridized carbons (Fsp3) is 0.182. The lowest BCUT2D eigenvalue weighted by Crippen LogP contribution is -2.24. The lowest BCUT2D eigenvalue weighted by Gasteiger charge is -2.13. The summed E-state index contributed by atoms with van der Waals surface area (Å²) in [5, 5.41) is 6.77. The van der Waals surface area contributed by atoms with E-state index in [1.165, 1.54) is 0 Å². The van der Waals surface area contributed by atoms with Crippen LogP contribution in [0, 0.1) is 0 Å². The highest BCUT2D eigenvalue weighted by Crippen LogP contribution is 2.17. The zero-order valence-electron chi connectivity index (χ0n) is 16.8. The van der Waals surface area contributed by atoms with Gasteiger partial charge in [-0.15, -0.1) is 0 Å². The Labute approximate surface area is 170 Å². The lowest BCUT2D eigenvalue weighted by molar-refractivity contribution is 0.252. The number of aromatic nitrogens is 1. The van der Waals surface area contributed by atoms with Crippen molar-refractivity contribution in [3.63, 3.8) is 0 Å². The van der Waals surface area contributed by atoms with Crippen LogP contribution >= 0.6 is 0 Å². The van der Waals surface area contributed by atoms with Gasteiger partial charge in [0.15, 0.2) is 0 Å². The molecule has 0 aliphatic heterocycles. The molecule has 7 heteroatoms. The molecule has 150 valence electrons. The molecule has 29 heavy (non-hydrogen) atoms. The number of hydrogen-bond acceptors (Lipinski definition) is 4. The lowest BCUT2D eigenvalue weighted by atomic mass is 10.2. The minimum absolute atomic E-state index is 0.418. The van der Waals surface area contributed by atoms with Crippen LogP contribution in [0.4, 0.5) is 16.2 Å². The summed E-state index contributed by atoms with van der Waals surface area (Å²) in [7, 11) is 4.01. The van der Waals surface area contributed by atoms with Gasteiger partial charge >= 0.3 is 6.03 Å². The largest absolute Gasteiger partial charge is 0.494 e. The third-order valence-electron chi connectivity index (χ3n) is 4.21. The Bertz CT molecular complexity index is 960. The molecule has 1 heterocycles. The Morgan fingerprint density at radius 1 is 1.10 bits per heavy atom. The van der Waals surface area contributed by atoms with Crippen molar-refractivity contribution >= 4 is 23.6 Å². The van der Waals surface area contributed by atoms with Gasteiger partial charge in [-0.25, -0.2) is 10.2 Å². The van der Waals surface area contributed by atoms with Crippen molar-refractivity contribution in [1.29, 1.82) is 0 Å². The summed E-state index contributed by atoms with van der Waals surface area (Å²) >= 11 is 0. The van der Waals surface area contributed by atoms with Crippen molar-refractivity contribution in [2.45, 2.75) is 6.92 Å². The monoisotopic (exact) mass is 391 g/mol. The van der Waals surface area contributed by atoms with E-state index in [4.69, 9.17) is 4.74 Å². The number of benzene rings is 2.